The molecule has 230 valence electrons. The Kier molecular flexibility index (Phi) is 21.3. The minimum atomic E-state index is -0.409. The van der Waals surface area contributed by atoms with E-state index in [0.717, 1.165) is 0 Å². The molecule has 0 saturated heterocycles. The first-order valence-electron chi connectivity index (χ1n) is 12.6. The molecule has 0 aromatic heterocycles. The van der Waals surface area contributed by atoms with Crippen molar-refractivity contribution in [2.24, 2.45) is 0 Å². The Morgan fingerprint density at radius 2 is 0.605 bits per heavy atom. The van der Waals surface area contributed by atoms with E-state index >= 15 is 0 Å². The Hall–Kier alpha value is -0.556. The van der Waals surface area contributed by atoms with Crippen molar-refractivity contribution in [3.63, 3.8) is 0 Å². The van der Waals surface area contributed by atoms with E-state index in [1.54, 1.807) is 0 Å². The third-order valence-corrected chi connectivity index (χ3v) is 10.8. The van der Waals surface area contributed by atoms with E-state index in [9.17, 15) is 0 Å². The van der Waals surface area contributed by atoms with Gasteiger partial charge in [-0.15, -0.1) is 0 Å². The van der Waals surface area contributed by atoms with Crippen molar-refractivity contribution in [2.75, 3.05) is 0 Å². The van der Waals surface area contributed by atoms with Gasteiger partial charge in [-0.05, 0) is 21.2 Å². The molecule has 0 nitrogen and oxygen atoms in total. The van der Waals surface area contributed by atoms with Gasteiger partial charge in [0.2, 0.25) is 0 Å². The summed E-state index contributed by atoms with van der Waals surface area (Å²) >= 11 is -0.211. The molecule has 0 aliphatic heterocycles. The summed E-state index contributed by atoms with van der Waals surface area (Å²) < 4.78 is 0. The predicted molar refractivity (Wildman–Crippen MR) is 185 cm³/mol. The average Bonchev–Trinajstić information content (AvgIpc) is 3.77. The summed E-state index contributed by atoms with van der Waals surface area (Å²) in [5.41, 5.74) is 0. The van der Waals surface area contributed by atoms with Crippen LogP contribution in [0.25, 0.3) is 0 Å². The van der Waals surface area contributed by atoms with Crippen LogP contribution in [0, 0.1) is 0 Å². The molecule has 0 spiro atoms. The molecule has 0 amide bonds. The molecule has 0 saturated carbocycles. The molecular weight excluding hydrogens is 881 g/mol. The Morgan fingerprint density at radius 3 is 0.791 bits per heavy atom. The van der Waals surface area contributed by atoms with E-state index in [4.69, 9.17) is 38.1 Å². The normalized spacial score (nSPS) is 10.0. The van der Waals surface area contributed by atoms with Crippen LogP contribution in [-0.2, 0) is 48.9 Å². The molecule has 0 fully saturated rings. The van der Waals surface area contributed by atoms with Crippen LogP contribution >= 0.6 is 54.0 Å². The SMILES string of the molecule is [Cl][Pd][Cl].[Cl][Pd][Cl].[Fe+2].c1ccc(P(c2ccccc2)c2cc[cH-]c2)cc1.c1ccc(P(c2ccccc2)c2cc[cH-]c2)cc1. The van der Waals surface area contributed by atoms with Crippen LogP contribution in [0.15, 0.2) is 170 Å². The Morgan fingerprint density at radius 1 is 0.372 bits per heavy atom. The van der Waals surface area contributed by atoms with E-state index in [-0.39, 0.29) is 48.9 Å². The molecule has 43 heavy (non-hydrogen) atoms. The molecule has 0 unspecified atom stereocenters. The van der Waals surface area contributed by atoms with Gasteiger partial charge in [-0.25, -0.2) is 12.1 Å². The van der Waals surface area contributed by atoms with E-state index in [0.29, 0.717) is 0 Å². The topological polar surface area (TPSA) is 0 Å². The predicted octanol–water partition coefficient (Wildman–Crippen LogP) is 9.08. The van der Waals surface area contributed by atoms with Crippen molar-refractivity contribution in [3.05, 3.63) is 170 Å². The van der Waals surface area contributed by atoms with Gasteiger partial charge in [0.15, 0.2) is 0 Å². The molecule has 0 aliphatic rings. The van der Waals surface area contributed by atoms with Gasteiger partial charge >= 0.3 is 87.1 Å². The molecule has 6 rings (SSSR count). The second kappa shape index (κ2) is 23.7. The molecule has 0 atom stereocenters. The first-order chi connectivity index (χ1) is 20.7. The number of hydrogen-bond donors (Lipinski definition) is 0. The quantitative estimate of drug-likeness (QED) is 0.0890. The van der Waals surface area contributed by atoms with Crippen LogP contribution < -0.4 is 31.8 Å². The Labute approximate surface area is 301 Å². The van der Waals surface area contributed by atoms with Gasteiger partial charge in [0, 0.05) is 0 Å². The van der Waals surface area contributed by atoms with E-state index in [1.807, 2.05) is 0 Å². The van der Waals surface area contributed by atoms with E-state index < -0.39 is 15.8 Å². The van der Waals surface area contributed by atoms with Gasteiger partial charge in [-0.2, -0.15) is 47.0 Å². The molecule has 0 aliphatic carbocycles. The van der Waals surface area contributed by atoms with Crippen molar-refractivity contribution >= 4 is 85.8 Å². The Balaban J connectivity index is 0.000000249. The van der Waals surface area contributed by atoms with Crippen LogP contribution in [0.4, 0.5) is 0 Å². The van der Waals surface area contributed by atoms with Gasteiger partial charge in [-0.3, -0.25) is 0 Å². The van der Waals surface area contributed by atoms with Crippen molar-refractivity contribution in [1.29, 1.82) is 0 Å². The summed E-state index contributed by atoms with van der Waals surface area (Å²) in [5.74, 6) is 0. The number of rotatable bonds is 6. The van der Waals surface area contributed by atoms with Crippen LogP contribution in [0.2, 0.25) is 0 Å². The van der Waals surface area contributed by atoms with Gasteiger partial charge in [-0.1, -0.05) is 137 Å². The molecule has 0 bridgehead atoms. The zero-order chi connectivity index (χ0) is 29.8. The number of benzene rings is 4. The van der Waals surface area contributed by atoms with Crippen molar-refractivity contribution in [1.82, 2.24) is 0 Å². The first kappa shape index (κ1) is 38.6. The smallest absolute Gasteiger partial charge is 0.206 e. The third-order valence-electron chi connectivity index (χ3n) is 5.86. The minimum Gasteiger partial charge on any atom is -0.206 e. The summed E-state index contributed by atoms with van der Waals surface area (Å²) in [7, 11) is 18.4. The van der Waals surface area contributed by atoms with Crippen LogP contribution in [-0.4, -0.2) is 0 Å². The third kappa shape index (κ3) is 13.4. The number of halogens is 4. The molecule has 6 aromatic carbocycles. The van der Waals surface area contributed by atoms with Crippen molar-refractivity contribution < 1.29 is 48.9 Å². The average molecular weight is 909 g/mol. The van der Waals surface area contributed by atoms with E-state index in [1.165, 1.54) is 31.8 Å². The van der Waals surface area contributed by atoms with Gasteiger partial charge < -0.3 is 0 Å². The van der Waals surface area contributed by atoms with Crippen molar-refractivity contribution in [3.8, 4) is 0 Å². The van der Waals surface area contributed by atoms with Gasteiger partial charge in [0.1, 0.15) is 0 Å². The second-order valence-corrected chi connectivity index (χ2v) is 17.5. The maximum absolute atomic E-state index is 4.81. The largest absolute Gasteiger partial charge is 2.00 e. The zero-order valence-corrected chi connectivity index (χ0v) is 31.6. The molecule has 0 radical (unpaired) electrons. The first-order valence-corrected chi connectivity index (χ1v) is 23.3. The summed E-state index contributed by atoms with van der Waals surface area (Å²) in [6.45, 7) is 0. The van der Waals surface area contributed by atoms with E-state index in [2.05, 4.69) is 170 Å². The maximum atomic E-state index is 4.81. The number of hydrogen-bond acceptors (Lipinski definition) is 0. The van der Waals surface area contributed by atoms with Crippen LogP contribution in [0.5, 0.6) is 0 Å². The van der Waals surface area contributed by atoms with Crippen LogP contribution in [0.3, 0.4) is 0 Å². The zero-order valence-electron chi connectivity index (χ0n) is 22.6. The standard InChI is InChI=1S/2C17H14P.4ClH.Fe.2Pd/c2*1-3-9-15(10-4-1)18(17-13-7-8-14-17)16-11-5-2-6-12-16;;;;;;;/h2*1-14H;4*1H;;;/q2*-1;;;;;3*+2/p-4. The molecule has 6 aromatic rings. The van der Waals surface area contributed by atoms with Crippen LogP contribution in [0.1, 0.15) is 0 Å². The molecule has 9 heteroatoms. The fourth-order valence-corrected chi connectivity index (χ4v) is 8.84. The summed E-state index contributed by atoms with van der Waals surface area (Å²) in [5, 5.41) is 8.47. The minimum absolute atomic E-state index is 0. The second-order valence-electron chi connectivity index (χ2n) is 8.39. The molecule has 0 N–H and O–H groups in total. The monoisotopic (exact) mass is 906 g/mol. The van der Waals surface area contributed by atoms with Gasteiger partial charge in [0.05, 0.1) is 0 Å². The fraction of sp³-hybridized carbons (Fsp3) is 0. The summed E-state index contributed by atoms with van der Waals surface area (Å²) in [6.07, 6.45) is 0. The van der Waals surface area contributed by atoms with Gasteiger partial charge in [0.25, 0.3) is 0 Å². The molecule has 0 heterocycles. The fourth-order valence-electron chi connectivity index (χ4n) is 4.23. The maximum Gasteiger partial charge on any atom is 2.00 e. The molecular formula is C34H28Cl4FeP2Pd2. The van der Waals surface area contributed by atoms with Crippen molar-refractivity contribution in [2.45, 2.75) is 0 Å². The Bertz CT molecular complexity index is 1270. The summed E-state index contributed by atoms with van der Waals surface area (Å²) in [4.78, 5) is 0. The summed E-state index contributed by atoms with van der Waals surface area (Å²) in [6, 6.07) is 60.5.